The molecule has 0 atom stereocenters. The number of amides is 1. The Bertz CT molecular complexity index is 611. The number of carbonyl (C=O) groups excluding carboxylic acids is 2. The van der Waals surface area contributed by atoms with Gasteiger partial charge in [-0.3, -0.25) is 14.7 Å². The maximum atomic E-state index is 12.0. The number of pyridine rings is 1. The van der Waals surface area contributed by atoms with E-state index in [1.807, 2.05) is 27.7 Å². The van der Waals surface area contributed by atoms with Gasteiger partial charge >= 0.3 is 6.09 Å². The zero-order valence-electron chi connectivity index (χ0n) is 15.8. The first-order chi connectivity index (χ1) is 11.8. The molecule has 8 heteroatoms. The number of hydrogen-bond acceptors (Lipinski definition) is 6. The molecule has 0 bridgehead atoms. The van der Waals surface area contributed by atoms with Gasteiger partial charge in [0.15, 0.2) is 6.29 Å². The van der Waals surface area contributed by atoms with Gasteiger partial charge in [0.05, 0.1) is 6.20 Å². The Labute approximate surface area is 165 Å². The van der Waals surface area contributed by atoms with Crippen LogP contribution in [0.1, 0.15) is 36.7 Å². The fourth-order valence-electron chi connectivity index (χ4n) is 2.55. The zero-order valence-corrected chi connectivity index (χ0v) is 17.0. The van der Waals surface area contributed by atoms with Gasteiger partial charge in [0.2, 0.25) is 0 Å². The predicted octanol–water partition coefficient (Wildman–Crippen LogP) is 2.13. The van der Waals surface area contributed by atoms with E-state index in [0.717, 1.165) is 31.5 Å². The topological polar surface area (TPSA) is 72.0 Å². The first-order valence-corrected chi connectivity index (χ1v) is 8.53. The van der Waals surface area contributed by atoms with Crippen molar-refractivity contribution >= 4 is 12.4 Å². The van der Waals surface area contributed by atoms with Crippen LogP contribution in [0, 0.1) is 6.92 Å². The van der Waals surface area contributed by atoms with Gasteiger partial charge in [-0.25, -0.2) is 4.79 Å². The molecule has 1 aromatic heterocycles. The van der Waals surface area contributed by atoms with Crippen LogP contribution in [0.5, 0.6) is 5.75 Å². The molecule has 26 heavy (non-hydrogen) atoms. The molecule has 145 valence electrons. The molecule has 1 aliphatic rings. The quantitative estimate of drug-likeness (QED) is 0.553. The number of ether oxygens (including phenoxy) is 2. The molecule has 2 rings (SSSR count). The van der Waals surface area contributed by atoms with E-state index in [-0.39, 0.29) is 23.2 Å². The smallest absolute Gasteiger partial charge is 0.410 e. The molecule has 7 nitrogen and oxygen atoms in total. The molecule has 0 N–H and O–H groups in total. The number of rotatable bonds is 5. The fourth-order valence-corrected chi connectivity index (χ4v) is 2.55. The van der Waals surface area contributed by atoms with Gasteiger partial charge in [0.1, 0.15) is 18.0 Å². The minimum Gasteiger partial charge on any atom is -0.490 e. The molecule has 0 spiro atoms. The van der Waals surface area contributed by atoms with E-state index in [0.29, 0.717) is 31.0 Å². The van der Waals surface area contributed by atoms with Crippen molar-refractivity contribution in [3.63, 3.8) is 0 Å². The van der Waals surface area contributed by atoms with E-state index in [1.54, 1.807) is 11.1 Å². The van der Waals surface area contributed by atoms with E-state index in [2.05, 4.69) is 9.88 Å². The average molecular weight is 404 g/mol. The largest absolute Gasteiger partial charge is 0.490 e. The van der Waals surface area contributed by atoms with E-state index in [9.17, 15) is 9.59 Å². The normalized spacial score (nSPS) is 15.2. The van der Waals surface area contributed by atoms with E-state index < -0.39 is 5.60 Å². The third-order valence-corrected chi connectivity index (χ3v) is 4.02. The summed E-state index contributed by atoms with van der Waals surface area (Å²) in [5.41, 5.74) is 0.882. The summed E-state index contributed by atoms with van der Waals surface area (Å²) in [6.45, 7) is 11.6. The van der Waals surface area contributed by atoms with E-state index in [4.69, 9.17) is 9.47 Å². The molecule has 2 heterocycles. The van der Waals surface area contributed by atoms with Crippen molar-refractivity contribution in [3.05, 3.63) is 23.5 Å². The molecule has 1 aliphatic heterocycles. The summed E-state index contributed by atoms with van der Waals surface area (Å²) in [6, 6.07) is 0. The Hall–Kier alpha value is -1.63. The first-order valence-electron chi connectivity index (χ1n) is 8.53. The average Bonchev–Trinajstić information content (AvgIpc) is 2.55. The Kier molecular flexibility index (Phi) is 8.53. The van der Waals surface area contributed by atoms with Crippen molar-refractivity contribution in [1.29, 1.82) is 0 Å². The Morgan fingerprint density at radius 2 is 1.88 bits per heavy atom. The minimum atomic E-state index is -0.468. The summed E-state index contributed by atoms with van der Waals surface area (Å²) in [7, 11) is 0. The van der Waals surface area contributed by atoms with Gasteiger partial charge in [0, 0.05) is 67.1 Å². The van der Waals surface area contributed by atoms with Crippen LogP contribution in [-0.4, -0.2) is 72.1 Å². The van der Waals surface area contributed by atoms with Crippen molar-refractivity contribution in [2.75, 3.05) is 39.3 Å². The molecule has 0 aliphatic carbocycles. The second kappa shape index (κ2) is 9.90. The number of nitrogens with zero attached hydrogens (tertiary/aromatic N) is 3. The van der Waals surface area contributed by atoms with Crippen LogP contribution in [0.2, 0.25) is 0 Å². The maximum Gasteiger partial charge on any atom is 0.410 e. The van der Waals surface area contributed by atoms with Crippen LogP contribution >= 0.6 is 0 Å². The van der Waals surface area contributed by atoms with Gasteiger partial charge in [-0.05, 0) is 27.7 Å². The summed E-state index contributed by atoms with van der Waals surface area (Å²) < 4.78 is 11.1. The molecule has 1 radical (unpaired) electrons. The summed E-state index contributed by atoms with van der Waals surface area (Å²) in [5, 5.41) is 0. The SMILES string of the molecule is Cc1c(C=O)cncc1OCCN1CCN(C(=O)OC(C)(C)C)CC1.[Mn]. The third-order valence-electron chi connectivity index (χ3n) is 4.02. The number of aromatic nitrogens is 1. The Balaban J connectivity index is 0.00000338. The van der Waals surface area contributed by atoms with Crippen molar-refractivity contribution in [2.45, 2.75) is 33.3 Å². The second-order valence-corrected chi connectivity index (χ2v) is 7.13. The monoisotopic (exact) mass is 404 g/mol. The number of carbonyl (C=O) groups is 2. The number of aldehydes is 1. The Morgan fingerprint density at radius 1 is 1.23 bits per heavy atom. The summed E-state index contributed by atoms with van der Waals surface area (Å²) >= 11 is 0. The van der Waals surface area contributed by atoms with Gasteiger partial charge < -0.3 is 14.4 Å². The van der Waals surface area contributed by atoms with Crippen molar-refractivity contribution in [1.82, 2.24) is 14.8 Å². The third kappa shape index (κ3) is 6.59. The van der Waals surface area contributed by atoms with Gasteiger partial charge in [-0.1, -0.05) is 0 Å². The molecular weight excluding hydrogens is 377 g/mol. The predicted molar refractivity (Wildman–Crippen MR) is 94.1 cm³/mol. The summed E-state index contributed by atoms with van der Waals surface area (Å²) in [4.78, 5) is 31.0. The summed E-state index contributed by atoms with van der Waals surface area (Å²) in [6.07, 6.45) is 3.69. The molecule has 0 aromatic carbocycles. The van der Waals surface area contributed by atoms with E-state index >= 15 is 0 Å². The van der Waals surface area contributed by atoms with Crippen LogP contribution in [0.3, 0.4) is 0 Å². The van der Waals surface area contributed by atoms with Crippen LogP contribution < -0.4 is 4.74 Å². The molecule has 0 unspecified atom stereocenters. The Morgan fingerprint density at radius 3 is 2.46 bits per heavy atom. The second-order valence-electron chi connectivity index (χ2n) is 7.13. The number of piperazine rings is 1. The van der Waals surface area contributed by atoms with Gasteiger partial charge in [0.25, 0.3) is 0 Å². The van der Waals surface area contributed by atoms with Crippen LogP contribution in [-0.2, 0) is 21.8 Å². The van der Waals surface area contributed by atoms with Gasteiger partial charge in [-0.15, -0.1) is 0 Å². The number of hydrogen-bond donors (Lipinski definition) is 0. The van der Waals surface area contributed by atoms with Gasteiger partial charge in [-0.2, -0.15) is 0 Å². The molecule has 1 aromatic rings. The standard InChI is InChI=1S/C18H27N3O4.Mn/c1-14-15(13-22)11-19-12-16(14)24-10-9-20-5-7-21(8-6-20)17(23)25-18(2,3)4;/h11-13H,5-10H2,1-4H3;. The van der Waals surface area contributed by atoms with Crippen molar-refractivity contribution in [2.24, 2.45) is 0 Å². The molecular formula is C18H27MnN3O4. The fraction of sp³-hybridized carbons (Fsp3) is 0.611. The van der Waals surface area contributed by atoms with Crippen molar-refractivity contribution < 1.29 is 36.1 Å². The molecule has 0 saturated carbocycles. The minimum absolute atomic E-state index is 0. The van der Waals surface area contributed by atoms with E-state index in [1.165, 1.54) is 6.20 Å². The molecule has 1 amide bonds. The maximum absolute atomic E-state index is 12.0. The first kappa shape index (κ1) is 22.4. The molecule has 1 saturated heterocycles. The summed E-state index contributed by atoms with van der Waals surface area (Å²) in [5.74, 6) is 0.636. The van der Waals surface area contributed by atoms with Crippen LogP contribution in [0.4, 0.5) is 4.79 Å². The molecule has 1 fully saturated rings. The van der Waals surface area contributed by atoms with Crippen molar-refractivity contribution in [3.8, 4) is 5.75 Å². The van der Waals surface area contributed by atoms with Crippen LogP contribution in [0.25, 0.3) is 0 Å². The van der Waals surface area contributed by atoms with Crippen LogP contribution in [0.15, 0.2) is 12.4 Å². The zero-order chi connectivity index (χ0) is 18.4.